The zero-order valence-electron chi connectivity index (χ0n) is 9.78. The summed E-state index contributed by atoms with van der Waals surface area (Å²) in [5, 5.41) is 0. The van der Waals surface area contributed by atoms with E-state index in [4.69, 9.17) is 5.73 Å². The van der Waals surface area contributed by atoms with Gasteiger partial charge in [0, 0.05) is 5.41 Å². The van der Waals surface area contributed by atoms with Crippen LogP contribution in [0.1, 0.15) is 44.1 Å². The standard InChI is InChI=1S/C14H19NO/c1-14(13(15)16)9-7-12(8-10-14)11-5-3-2-4-6-11/h2-6,12H,7-10H2,1H3,(H2,15,16). The molecule has 0 aromatic heterocycles. The van der Waals surface area contributed by atoms with Crippen molar-refractivity contribution in [3.8, 4) is 0 Å². The summed E-state index contributed by atoms with van der Waals surface area (Å²) < 4.78 is 0. The number of primary amides is 1. The van der Waals surface area contributed by atoms with Crippen LogP contribution in [0, 0.1) is 5.41 Å². The molecule has 2 nitrogen and oxygen atoms in total. The van der Waals surface area contributed by atoms with Gasteiger partial charge >= 0.3 is 0 Å². The molecule has 1 aliphatic rings. The molecule has 1 aliphatic carbocycles. The highest BCUT2D eigenvalue weighted by molar-refractivity contribution is 5.80. The highest BCUT2D eigenvalue weighted by atomic mass is 16.1. The summed E-state index contributed by atoms with van der Waals surface area (Å²) in [6.07, 6.45) is 3.98. The Labute approximate surface area is 96.8 Å². The maximum atomic E-state index is 11.3. The van der Waals surface area contributed by atoms with Crippen molar-refractivity contribution >= 4 is 5.91 Å². The summed E-state index contributed by atoms with van der Waals surface area (Å²) in [6.45, 7) is 2.00. The van der Waals surface area contributed by atoms with Crippen LogP contribution in [0.4, 0.5) is 0 Å². The fraction of sp³-hybridized carbons (Fsp3) is 0.500. The number of carbonyl (C=O) groups excluding carboxylic acids is 1. The number of carbonyl (C=O) groups is 1. The van der Waals surface area contributed by atoms with Crippen LogP contribution in [0.5, 0.6) is 0 Å². The molecule has 0 saturated heterocycles. The van der Waals surface area contributed by atoms with Crippen molar-refractivity contribution in [1.82, 2.24) is 0 Å². The quantitative estimate of drug-likeness (QED) is 0.813. The highest BCUT2D eigenvalue weighted by Gasteiger charge is 2.36. The predicted molar refractivity (Wildman–Crippen MR) is 65.0 cm³/mol. The van der Waals surface area contributed by atoms with E-state index < -0.39 is 0 Å². The van der Waals surface area contributed by atoms with E-state index in [-0.39, 0.29) is 11.3 Å². The summed E-state index contributed by atoms with van der Waals surface area (Å²) in [5.74, 6) is 0.465. The van der Waals surface area contributed by atoms with Crippen molar-refractivity contribution in [2.45, 2.75) is 38.5 Å². The molecule has 0 aliphatic heterocycles. The molecule has 2 heteroatoms. The number of hydrogen-bond acceptors (Lipinski definition) is 1. The van der Waals surface area contributed by atoms with Crippen LogP contribution in [-0.2, 0) is 4.79 Å². The van der Waals surface area contributed by atoms with Gasteiger partial charge in [-0.15, -0.1) is 0 Å². The summed E-state index contributed by atoms with van der Waals surface area (Å²) in [4.78, 5) is 11.3. The van der Waals surface area contributed by atoms with E-state index in [9.17, 15) is 4.79 Å². The van der Waals surface area contributed by atoms with E-state index in [0.717, 1.165) is 25.7 Å². The average molecular weight is 217 g/mol. The minimum Gasteiger partial charge on any atom is -0.369 e. The third kappa shape index (κ3) is 2.11. The van der Waals surface area contributed by atoms with E-state index in [0.29, 0.717) is 5.92 Å². The maximum absolute atomic E-state index is 11.3. The first-order valence-electron chi connectivity index (χ1n) is 5.97. The topological polar surface area (TPSA) is 43.1 Å². The monoisotopic (exact) mass is 217 g/mol. The molecule has 0 spiro atoms. The van der Waals surface area contributed by atoms with Crippen LogP contribution in [0.15, 0.2) is 30.3 Å². The van der Waals surface area contributed by atoms with Gasteiger partial charge in [-0.1, -0.05) is 37.3 Å². The molecule has 1 amide bonds. The Morgan fingerprint density at radius 1 is 1.25 bits per heavy atom. The molecule has 1 saturated carbocycles. The van der Waals surface area contributed by atoms with Crippen LogP contribution >= 0.6 is 0 Å². The van der Waals surface area contributed by atoms with Crippen molar-refractivity contribution in [3.05, 3.63) is 35.9 Å². The predicted octanol–water partition coefficient (Wildman–Crippen LogP) is 2.84. The minimum atomic E-state index is -0.273. The molecule has 0 atom stereocenters. The van der Waals surface area contributed by atoms with Gasteiger partial charge in [0.25, 0.3) is 0 Å². The lowest BCUT2D eigenvalue weighted by molar-refractivity contribution is -0.128. The van der Waals surface area contributed by atoms with E-state index >= 15 is 0 Å². The Morgan fingerprint density at radius 3 is 2.31 bits per heavy atom. The zero-order chi connectivity index (χ0) is 11.6. The summed E-state index contributed by atoms with van der Waals surface area (Å²) in [5.41, 5.74) is 6.57. The fourth-order valence-corrected chi connectivity index (χ4v) is 2.56. The lowest BCUT2D eigenvalue weighted by Gasteiger charge is -2.34. The van der Waals surface area contributed by atoms with Gasteiger partial charge in [0.15, 0.2) is 0 Å². The van der Waals surface area contributed by atoms with Crippen LogP contribution in [0.2, 0.25) is 0 Å². The van der Waals surface area contributed by atoms with Gasteiger partial charge in [-0.3, -0.25) is 4.79 Å². The Balaban J connectivity index is 2.03. The zero-order valence-corrected chi connectivity index (χ0v) is 9.78. The molecule has 1 fully saturated rings. The second kappa shape index (κ2) is 4.28. The van der Waals surface area contributed by atoms with E-state index in [1.165, 1.54) is 5.56 Å². The normalized spacial score (nSPS) is 29.9. The molecule has 0 heterocycles. The number of hydrogen-bond donors (Lipinski definition) is 1. The number of nitrogens with two attached hydrogens (primary N) is 1. The molecule has 1 aromatic carbocycles. The maximum Gasteiger partial charge on any atom is 0.223 e. The second-order valence-corrected chi connectivity index (χ2v) is 5.11. The van der Waals surface area contributed by atoms with Crippen LogP contribution in [0.25, 0.3) is 0 Å². The largest absolute Gasteiger partial charge is 0.369 e. The van der Waals surface area contributed by atoms with E-state index in [1.807, 2.05) is 13.0 Å². The molecule has 16 heavy (non-hydrogen) atoms. The molecule has 0 bridgehead atoms. The number of rotatable bonds is 2. The average Bonchev–Trinajstić information content (AvgIpc) is 2.31. The molecule has 0 unspecified atom stereocenters. The molecule has 1 aromatic rings. The first-order chi connectivity index (χ1) is 7.62. The van der Waals surface area contributed by atoms with Gasteiger partial charge in [0.2, 0.25) is 5.91 Å². The first-order valence-corrected chi connectivity index (χ1v) is 5.97. The fourth-order valence-electron chi connectivity index (χ4n) is 2.56. The third-order valence-electron chi connectivity index (χ3n) is 3.95. The first kappa shape index (κ1) is 11.2. The molecular formula is C14H19NO. The van der Waals surface area contributed by atoms with Gasteiger partial charge in [0.1, 0.15) is 0 Å². The van der Waals surface area contributed by atoms with E-state index in [1.54, 1.807) is 0 Å². The molecule has 2 rings (SSSR count). The number of amides is 1. The Bertz CT molecular complexity index is 364. The van der Waals surface area contributed by atoms with Crippen molar-refractivity contribution in [2.75, 3.05) is 0 Å². The third-order valence-corrected chi connectivity index (χ3v) is 3.95. The molecule has 2 N–H and O–H groups in total. The van der Waals surface area contributed by atoms with Crippen LogP contribution in [0.3, 0.4) is 0 Å². The van der Waals surface area contributed by atoms with E-state index in [2.05, 4.69) is 24.3 Å². The van der Waals surface area contributed by atoms with Gasteiger partial charge in [-0.05, 0) is 37.2 Å². The van der Waals surface area contributed by atoms with Crippen molar-refractivity contribution < 1.29 is 4.79 Å². The Hall–Kier alpha value is -1.31. The number of benzene rings is 1. The summed E-state index contributed by atoms with van der Waals surface area (Å²) in [6, 6.07) is 10.6. The Kier molecular flexibility index (Phi) is 2.99. The minimum absolute atomic E-state index is 0.140. The van der Waals surface area contributed by atoms with Crippen molar-refractivity contribution in [3.63, 3.8) is 0 Å². The smallest absolute Gasteiger partial charge is 0.223 e. The van der Waals surface area contributed by atoms with Crippen molar-refractivity contribution in [2.24, 2.45) is 11.1 Å². The summed E-state index contributed by atoms with van der Waals surface area (Å²) >= 11 is 0. The molecular weight excluding hydrogens is 198 g/mol. The van der Waals surface area contributed by atoms with Gasteiger partial charge < -0.3 is 5.73 Å². The van der Waals surface area contributed by atoms with Crippen LogP contribution < -0.4 is 5.73 Å². The van der Waals surface area contributed by atoms with Crippen LogP contribution in [-0.4, -0.2) is 5.91 Å². The highest BCUT2D eigenvalue weighted by Crippen LogP contribution is 2.42. The second-order valence-electron chi connectivity index (χ2n) is 5.11. The lowest BCUT2D eigenvalue weighted by Crippen LogP contribution is -2.37. The Morgan fingerprint density at radius 2 is 1.81 bits per heavy atom. The molecule has 0 radical (unpaired) electrons. The summed E-state index contributed by atoms with van der Waals surface area (Å²) in [7, 11) is 0. The van der Waals surface area contributed by atoms with Gasteiger partial charge in [-0.25, -0.2) is 0 Å². The SMILES string of the molecule is CC1(C(N)=O)CCC(c2ccccc2)CC1. The van der Waals surface area contributed by atoms with Gasteiger partial charge in [0.05, 0.1) is 0 Å². The van der Waals surface area contributed by atoms with Crippen molar-refractivity contribution in [1.29, 1.82) is 0 Å². The molecule has 86 valence electrons. The lowest BCUT2D eigenvalue weighted by atomic mass is 9.70. The van der Waals surface area contributed by atoms with Gasteiger partial charge in [-0.2, -0.15) is 0 Å².